The molecular weight excluding hydrogens is 324 g/mol. The van der Waals surface area contributed by atoms with E-state index in [2.05, 4.69) is 12.1 Å². The van der Waals surface area contributed by atoms with Crippen LogP contribution >= 0.6 is 12.4 Å². The molecule has 0 heterocycles. The van der Waals surface area contributed by atoms with E-state index in [-0.39, 0.29) is 18.3 Å². The number of halogens is 1. The Morgan fingerprint density at radius 3 is 2.42 bits per heavy atom. The van der Waals surface area contributed by atoms with E-state index in [1.54, 1.807) is 7.11 Å². The van der Waals surface area contributed by atoms with Crippen molar-refractivity contribution < 1.29 is 9.53 Å². The van der Waals surface area contributed by atoms with Crippen molar-refractivity contribution in [3.8, 4) is 5.75 Å². The van der Waals surface area contributed by atoms with E-state index in [1.807, 2.05) is 48.2 Å². The fraction of sp³-hybridized carbons (Fsp3) is 0.316. The summed E-state index contributed by atoms with van der Waals surface area (Å²) in [6.07, 6.45) is 0.821. The monoisotopic (exact) mass is 348 g/mol. The van der Waals surface area contributed by atoms with Gasteiger partial charge in [0.1, 0.15) is 5.75 Å². The van der Waals surface area contributed by atoms with E-state index >= 15 is 0 Å². The minimum absolute atomic E-state index is 0. The Labute approximate surface area is 150 Å². The van der Waals surface area contributed by atoms with E-state index in [0.29, 0.717) is 25.2 Å². The molecule has 0 spiro atoms. The number of nitrogens with two attached hydrogens (primary N) is 1. The normalized spacial score (nSPS) is 9.96. The van der Waals surface area contributed by atoms with Crippen LogP contribution in [0.1, 0.15) is 21.5 Å². The van der Waals surface area contributed by atoms with E-state index in [0.717, 1.165) is 17.7 Å². The van der Waals surface area contributed by atoms with Gasteiger partial charge in [0, 0.05) is 25.2 Å². The van der Waals surface area contributed by atoms with Crippen molar-refractivity contribution in [2.45, 2.75) is 13.3 Å². The number of ether oxygens (including phenoxy) is 1. The van der Waals surface area contributed by atoms with Gasteiger partial charge >= 0.3 is 0 Å². The summed E-state index contributed by atoms with van der Waals surface area (Å²) < 4.78 is 5.20. The van der Waals surface area contributed by atoms with Gasteiger partial charge in [-0.25, -0.2) is 0 Å². The quantitative estimate of drug-likeness (QED) is 0.836. The first-order valence-corrected chi connectivity index (χ1v) is 7.83. The fourth-order valence-corrected chi connectivity index (χ4v) is 2.55. The number of carbonyl (C=O) groups excluding carboxylic acids is 1. The third-order valence-electron chi connectivity index (χ3n) is 3.86. The maximum atomic E-state index is 12.8. The molecule has 0 bridgehead atoms. The molecule has 0 saturated heterocycles. The van der Waals surface area contributed by atoms with Crippen LogP contribution < -0.4 is 10.5 Å². The smallest absolute Gasteiger partial charge is 0.254 e. The highest BCUT2D eigenvalue weighted by atomic mass is 35.5. The number of nitrogens with zero attached hydrogens (tertiary/aromatic N) is 1. The van der Waals surface area contributed by atoms with Gasteiger partial charge in [0.05, 0.1) is 7.11 Å². The molecular formula is C19H25ClN2O2. The molecule has 0 aliphatic carbocycles. The predicted octanol–water partition coefficient (Wildman–Crippen LogP) is 3.07. The molecule has 2 rings (SSSR count). The maximum Gasteiger partial charge on any atom is 0.254 e. The Morgan fingerprint density at radius 2 is 1.83 bits per heavy atom. The summed E-state index contributed by atoms with van der Waals surface area (Å²) in [6, 6.07) is 15.7. The number of hydrogen-bond acceptors (Lipinski definition) is 3. The number of amides is 1. The largest absolute Gasteiger partial charge is 0.497 e. The lowest BCUT2D eigenvalue weighted by molar-refractivity contribution is 0.0761. The molecule has 4 nitrogen and oxygen atoms in total. The molecule has 0 aliphatic heterocycles. The molecule has 2 aromatic rings. The molecule has 0 atom stereocenters. The minimum atomic E-state index is 0. The summed E-state index contributed by atoms with van der Waals surface area (Å²) >= 11 is 0. The second-order valence-corrected chi connectivity index (χ2v) is 5.50. The topological polar surface area (TPSA) is 55.6 Å². The highest BCUT2D eigenvalue weighted by Gasteiger charge is 2.17. The highest BCUT2D eigenvalue weighted by molar-refractivity contribution is 5.95. The number of carbonyl (C=O) groups is 1. The number of benzene rings is 2. The molecule has 24 heavy (non-hydrogen) atoms. The van der Waals surface area contributed by atoms with Crippen molar-refractivity contribution in [1.29, 1.82) is 0 Å². The first kappa shape index (κ1) is 20.0. The van der Waals surface area contributed by atoms with Crippen LogP contribution in [0.2, 0.25) is 0 Å². The van der Waals surface area contributed by atoms with E-state index < -0.39 is 0 Å². The van der Waals surface area contributed by atoms with Gasteiger partial charge in [-0.05, 0) is 42.7 Å². The maximum absolute atomic E-state index is 12.8. The van der Waals surface area contributed by atoms with Gasteiger partial charge in [0.2, 0.25) is 0 Å². The van der Waals surface area contributed by atoms with Crippen molar-refractivity contribution in [3.63, 3.8) is 0 Å². The second-order valence-electron chi connectivity index (χ2n) is 5.50. The molecule has 0 saturated carbocycles. The summed E-state index contributed by atoms with van der Waals surface area (Å²) in [6.45, 7) is 3.59. The van der Waals surface area contributed by atoms with E-state index in [1.165, 1.54) is 5.56 Å². The van der Waals surface area contributed by atoms with Crippen molar-refractivity contribution in [2.75, 3.05) is 26.7 Å². The van der Waals surface area contributed by atoms with Crippen molar-refractivity contribution in [1.82, 2.24) is 4.90 Å². The van der Waals surface area contributed by atoms with Gasteiger partial charge in [-0.2, -0.15) is 0 Å². The zero-order chi connectivity index (χ0) is 16.7. The molecule has 1 amide bonds. The standard InChI is InChI=1S/C19H24N2O2.ClH/c1-15-14-17(23-2)8-9-18(15)19(22)21(13-11-20)12-10-16-6-4-3-5-7-16;/h3-9,14H,10-13,20H2,1-2H3;1H. The average Bonchev–Trinajstić information content (AvgIpc) is 2.58. The van der Waals surface area contributed by atoms with Gasteiger partial charge in [-0.3, -0.25) is 4.79 Å². The third kappa shape index (κ3) is 5.25. The molecule has 0 aliphatic rings. The van der Waals surface area contributed by atoms with Gasteiger partial charge in [-0.15, -0.1) is 12.4 Å². The Balaban J connectivity index is 0.00000288. The van der Waals surface area contributed by atoms with Crippen molar-refractivity contribution >= 4 is 18.3 Å². The number of methoxy groups -OCH3 is 1. The van der Waals surface area contributed by atoms with Gasteiger partial charge in [0.25, 0.3) is 5.91 Å². The summed E-state index contributed by atoms with van der Waals surface area (Å²) in [5, 5.41) is 0. The lowest BCUT2D eigenvalue weighted by Gasteiger charge is -2.23. The van der Waals surface area contributed by atoms with Crippen LogP contribution in [0.3, 0.4) is 0 Å². The number of hydrogen-bond donors (Lipinski definition) is 1. The average molecular weight is 349 g/mol. The summed E-state index contributed by atoms with van der Waals surface area (Å²) in [5.41, 5.74) is 8.51. The number of rotatable bonds is 7. The fourth-order valence-electron chi connectivity index (χ4n) is 2.55. The zero-order valence-corrected chi connectivity index (χ0v) is 15.0. The second kappa shape index (κ2) is 9.96. The van der Waals surface area contributed by atoms with Crippen molar-refractivity contribution in [3.05, 3.63) is 65.2 Å². The molecule has 2 N–H and O–H groups in total. The van der Waals surface area contributed by atoms with Crippen LogP contribution in [0.5, 0.6) is 5.75 Å². The van der Waals surface area contributed by atoms with Crippen LogP contribution in [-0.4, -0.2) is 37.6 Å². The number of aryl methyl sites for hydroxylation is 1. The van der Waals surface area contributed by atoms with Gasteiger partial charge < -0.3 is 15.4 Å². The molecule has 2 aromatic carbocycles. The van der Waals surface area contributed by atoms with Crippen LogP contribution in [0, 0.1) is 6.92 Å². The molecule has 0 radical (unpaired) electrons. The van der Waals surface area contributed by atoms with Crippen LogP contribution in [0.4, 0.5) is 0 Å². The van der Waals surface area contributed by atoms with E-state index in [9.17, 15) is 4.79 Å². The third-order valence-corrected chi connectivity index (χ3v) is 3.86. The van der Waals surface area contributed by atoms with E-state index in [4.69, 9.17) is 10.5 Å². The SMILES string of the molecule is COc1ccc(C(=O)N(CCN)CCc2ccccc2)c(C)c1.Cl. The molecule has 5 heteroatoms. The lowest BCUT2D eigenvalue weighted by atomic mass is 10.1. The molecule has 0 unspecified atom stereocenters. The van der Waals surface area contributed by atoms with Crippen molar-refractivity contribution in [2.24, 2.45) is 5.73 Å². The summed E-state index contributed by atoms with van der Waals surface area (Å²) in [5.74, 6) is 0.778. The Kier molecular flexibility index (Phi) is 8.30. The predicted molar refractivity (Wildman–Crippen MR) is 100 cm³/mol. The van der Waals surface area contributed by atoms with Gasteiger partial charge in [-0.1, -0.05) is 30.3 Å². The zero-order valence-electron chi connectivity index (χ0n) is 14.2. The summed E-state index contributed by atoms with van der Waals surface area (Å²) in [4.78, 5) is 14.6. The lowest BCUT2D eigenvalue weighted by Crippen LogP contribution is -2.37. The Morgan fingerprint density at radius 1 is 1.12 bits per heavy atom. The molecule has 0 aromatic heterocycles. The first-order valence-electron chi connectivity index (χ1n) is 7.83. The van der Waals surface area contributed by atoms with Gasteiger partial charge in [0.15, 0.2) is 0 Å². The molecule has 130 valence electrons. The first-order chi connectivity index (χ1) is 11.2. The Hall–Kier alpha value is -2.04. The summed E-state index contributed by atoms with van der Waals surface area (Å²) in [7, 11) is 1.62. The van der Waals surface area contributed by atoms with Crippen LogP contribution in [-0.2, 0) is 6.42 Å². The highest BCUT2D eigenvalue weighted by Crippen LogP contribution is 2.18. The van der Waals surface area contributed by atoms with Crippen LogP contribution in [0.15, 0.2) is 48.5 Å². The van der Waals surface area contributed by atoms with Crippen LogP contribution in [0.25, 0.3) is 0 Å². The minimum Gasteiger partial charge on any atom is -0.497 e. The molecule has 0 fully saturated rings. The Bertz CT molecular complexity index is 647.